The number of aryl methyl sites for hydroxylation is 1. The average Bonchev–Trinajstić information content (AvgIpc) is 2.93. The quantitative estimate of drug-likeness (QED) is 0.899. The lowest BCUT2D eigenvalue weighted by Gasteiger charge is -2.42. The molecule has 7 heteroatoms. The van der Waals surface area contributed by atoms with E-state index in [9.17, 15) is 9.59 Å². The standard InChI is InChI=1S/C17H20N4O3/c1-19-5-4-18-16(19)13-2-3-14-12-6-11(8-21(14)17(13)24)7-20(9-12)10-15(22)23/h2-5,11-12H,6-10H2,1H3,(H,22,23)/t11-,12+/m0/s1. The molecule has 2 aromatic rings. The summed E-state index contributed by atoms with van der Waals surface area (Å²) >= 11 is 0. The van der Waals surface area contributed by atoms with Crippen molar-refractivity contribution >= 4 is 5.97 Å². The van der Waals surface area contributed by atoms with Crippen LogP contribution in [0.25, 0.3) is 11.4 Å². The lowest BCUT2D eigenvalue weighted by atomic mass is 9.83. The van der Waals surface area contributed by atoms with Crippen LogP contribution >= 0.6 is 0 Å². The summed E-state index contributed by atoms with van der Waals surface area (Å²) in [4.78, 5) is 30.2. The van der Waals surface area contributed by atoms with E-state index in [1.807, 2.05) is 39.4 Å². The van der Waals surface area contributed by atoms with E-state index < -0.39 is 5.97 Å². The topological polar surface area (TPSA) is 80.4 Å². The Hall–Kier alpha value is -2.41. The summed E-state index contributed by atoms with van der Waals surface area (Å²) in [5.41, 5.74) is 1.64. The highest BCUT2D eigenvalue weighted by molar-refractivity contribution is 5.69. The van der Waals surface area contributed by atoms with Gasteiger partial charge in [-0.1, -0.05) is 0 Å². The summed E-state index contributed by atoms with van der Waals surface area (Å²) in [5.74, 6) is 0.431. The number of pyridine rings is 1. The van der Waals surface area contributed by atoms with Crippen LogP contribution in [0.15, 0.2) is 29.3 Å². The molecule has 0 unspecified atom stereocenters. The number of carboxylic acids is 1. The zero-order valence-electron chi connectivity index (χ0n) is 13.6. The van der Waals surface area contributed by atoms with Crippen LogP contribution in [0.1, 0.15) is 18.0 Å². The highest BCUT2D eigenvalue weighted by Crippen LogP contribution is 2.35. The molecule has 2 aliphatic heterocycles. The lowest BCUT2D eigenvalue weighted by molar-refractivity contribution is -0.139. The van der Waals surface area contributed by atoms with E-state index in [0.29, 0.717) is 30.4 Å². The van der Waals surface area contributed by atoms with Gasteiger partial charge < -0.3 is 14.2 Å². The molecule has 0 spiro atoms. The predicted molar refractivity (Wildman–Crippen MR) is 87.8 cm³/mol. The summed E-state index contributed by atoms with van der Waals surface area (Å²) in [7, 11) is 1.88. The van der Waals surface area contributed by atoms with E-state index in [4.69, 9.17) is 5.11 Å². The van der Waals surface area contributed by atoms with Gasteiger partial charge in [0.05, 0.1) is 12.1 Å². The van der Waals surface area contributed by atoms with Crippen molar-refractivity contribution in [3.05, 3.63) is 40.6 Å². The summed E-state index contributed by atoms with van der Waals surface area (Å²) in [5, 5.41) is 9.03. The van der Waals surface area contributed by atoms with Crippen molar-refractivity contribution in [2.45, 2.75) is 18.9 Å². The number of aliphatic carboxylic acids is 1. The molecule has 24 heavy (non-hydrogen) atoms. The number of imidazole rings is 1. The second-order valence-electron chi connectivity index (χ2n) is 6.84. The molecule has 1 fully saturated rings. The summed E-state index contributed by atoms with van der Waals surface area (Å²) in [6.07, 6.45) is 4.55. The normalized spacial score (nSPS) is 23.0. The van der Waals surface area contributed by atoms with Crippen LogP contribution in [0.4, 0.5) is 0 Å². The molecule has 2 bridgehead atoms. The Bertz CT molecular complexity index is 854. The van der Waals surface area contributed by atoms with Crippen LogP contribution in [0, 0.1) is 5.92 Å². The minimum Gasteiger partial charge on any atom is -0.480 e. The molecular weight excluding hydrogens is 308 g/mol. The number of carbonyl (C=O) groups is 1. The predicted octanol–water partition coefficient (Wildman–Crippen LogP) is 0.752. The van der Waals surface area contributed by atoms with E-state index in [1.165, 1.54) is 0 Å². The molecule has 0 aliphatic carbocycles. The highest BCUT2D eigenvalue weighted by atomic mass is 16.4. The second-order valence-corrected chi connectivity index (χ2v) is 6.84. The van der Waals surface area contributed by atoms with E-state index >= 15 is 0 Å². The van der Waals surface area contributed by atoms with Gasteiger partial charge in [-0.05, 0) is 24.5 Å². The van der Waals surface area contributed by atoms with Crippen LogP contribution in [0.2, 0.25) is 0 Å². The van der Waals surface area contributed by atoms with Crippen molar-refractivity contribution in [3.8, 4) is 11.4 Å². The molecule has 126 valence electrons. The van der Waals surface area contributed by atoms with E-state index in [-0.39, 0.29) is 18.0 Å². The van der Waals surface area contributed by atoms with Gasteiger partial charge in [-0.3, -0.25) is 14.5 Å². The van der Waals surface area contributed by atoms with Crippen LogP contribution < -0.4 is 5.56 Å². The Kier molecular flexibility index (Phi) is 3.53. The minimum absolute atomic E-state index is 0.00295. The third-order valence-corrected chi connectivity index (χ3v) is 5.10. The van der Waals surface area contributed by atoms with Gasteiger partial charge in [0.2, 0.25) is 0 Å². The number of hydrogen-bond donors (Lipinski definition) is 1. The fraction of sp³-hybridized carbons (Fsp3) is 0.471. The number of piperidine rings is 1. The first kappa shape index (κ1) is 15.1. The van der Waals surface area contributed by atoms with E-state index in [1.54, 1.807) is 6.20 Å². The summed E-state index contributed by atoms with van der Waals surface area (Å²) in [6.45, 7) is 2.16. The van der Waals surface area contributed by atoms with Crippen molar-refractivity contribution in [3.63, 3.8) is 0 Å². The van der Waals surface area contributed by atoms with E-state index in [0.717, 1.165) is 18.7 Å². The lowest BCUT2D eigenvalue weighted by Crippen LogP contribution is -2.48. The third-order valence-electron chi connectivity index (χ3n) is 5.10. The van der Waals surface area contributed by atoms with Crippen molar-refractivity contribution in [2.75, 3.05) is 19.6 Å². The SMILES string of the molecule is Cn1ccnc1-c1ccc2n(c1=O)C[C@H]1C[C@@H]2CN(CC(=O)O)C1. The molecule has 0 radical (unpaired) electrons. The second kappa shape index (κ2) is 5.59. The third kappa shape index (κ3) is 2.45. The molecule has 0 saturated carbocycles. The minimum atomic E-state index is -0.794. The number of hydrogen-bond acceptors (Lipinski definition) is 4. The molecule has 2 atom stereocenters. The number of likely N-dealkylation sites (tertiary alicyclic amines) is 1. The first-order chi connectivity index (χ1) is 11.5. The fourth-order valence-corrected chi connectivity index (χ4v) is 4.16. The first-order valence-corrected chi connectivity index (χ1v) is 8.18. The first-order valence-electron chi connectivity index (χ1n) is 8.18. The molecule has 4 heterocycles. The maximum absolute atomic E-state index is 13.0. The van der Waals surface area contributed by atoms with Gasteiger partial charge in [-0.15, -0.1) is 0 Å². The maximum atomic E-state index is 13.0. The molecule has 2 aliphatic rings. The Labute approximate surface area is 139 Å². The van der Waals surface area contributed by atoms with Gasteiger partial charge in [-0.2, -0.15) is 0 Å². The van der Waals surface area contributed by atoms with Gasteiger partial charge >= 0.3 is 5.97 Å². The average molecular weight is 328 g/mol. The molecule has 2 aromatic heterocycles. The number of rotatable bonds is 3. The van der Waals surface area contributed by atoms with Gasteiger partial charge in [0.15, 0.2) is 0 Å². The van der Waals surface area contributed by atoms with Crippen molar-refractivity contribution in [2.24, 2.45) is 13.0 Å². The largest absolute Gasteiger partial charge is 0.480 e. The molecular formula is C17H20N4O3. The van der Waals surface area contributed by atoms with Crippen molar-refractivity contribution < 1.29 is 9.90 Å². The molecule has 1 saturated heterocycles. The molecule has 7 nitrogen and oxygen atoms in total. The number of nitrogens with zero attached hydrogens (tertiary/aromatic N) is 4. The van der Waals surface area contributed by atoms with Gasteiger partial charge in [0.1, 0.15) is 5.82 Å². The maximum Gasteiger partial charge on any atom is 0.317 e. The number of aromatic nitrogens is 3. The zero-order chi connectivity index (χ0) is 16.8. The van der Waals surface area contributed by atoms with Crippen LogP contribution in [-0.2, 0) is 18.4 Å². The number of carboxylic acid groups (broad SMARTS) is 1. The van der Waals surface area contributed by atoms with Gasteiger partial charge in [-0.25, -0.2) is 4.98 Å². The van der Waals surface area contributed by atoms with Crippen LogP contribution in [0.5, 0.6) is 0 Å². The Balaban J connectivity index is 1.72. The molecule has 4 rings (SSSR count). The fourth-order valence-electron chi connectivity index (χ4n) is 4.16. The summed E-state index contributed by atoms with van der Waals surface area (Å²) < 4.78 is 3.73. The Morgan fingerprint density at radius 3 is 2.88 bits per heavy atom. The van der Waals surface area contributed by atoms with Crippen molar-refractivity contribution in [1.29, 1.82) is 0 Å². The smallest absolute Gasteiger partial charge is 0.317 e. The van der Waals surface area contributed by atoms with Crippen LogP contribution in [-0.4, -0.2) is 49.7 Å². The molecule has 1 N–H and O–H groups in total. The van der Waals surface area contributed by atoms with Gasteiger partial charge in [0, 0.05) is 50.7 Å². The monoisotopic (exact) mass is 328 g/mol. The van der Waals surface area contributed by atoms with Gasteiger partial charge in [0.25, 0.3) is 5.56 Å². The highest BCUT2D eigenvalue weighted by Gasteiger charge is 2.35. The Morgan fingerprint density at radius 1 is 1.33 bits per heavy atom. The van der Waals surface area contributed by atoms with E-state index in [2.05, 4.69) is 4.98 Å². The molecule has 0 aromatic carbocycles. The van der Waals surface area contributed by atoms with Crippen molar-refractivity contribution in [1.82, 2.24) is 19.0 Å². The summed E-state index contributed by atoms with van der Waals surface area (Å²) in [6, 6.07) is 3.86. The van der Waals surface area contributed by atoms with Crippen LogP contribution in [0.3, 0.4) is 0 Å². The number of fused-ring (bicyclic) bond motifs is 4. The molecule has 0 amide bonds. The zero-order valence-corrected chi connectivity index (χ0v) is 13.6. The Morgan fingerprint density at radius 2 is 2.17 bits per heavy atom.